The number of imidazole rings is 1. The normalized spacial score (nSPS) is 14.0. The summed E-state index contributed by atoms with van der Waals surface area (Å²) in [6.07, 6.45) is 2.66. The summed E-state index contributed by atoms with van der Waals surface area (Å²) in [6.45, 7) is 1.86. The van der Waals surface area contributed by atoms with Gasteiger partial charge in [-0.3, -0.25) is 0 Å². The minimum atomic E-state index is -0.689. The highest BCUT2D eigenvalue weighted by molar-refractivity contribution is 5.47. The van der Waals surface area contributed by atoms with Crippen LogP contribution in [0.1, 0.15) is 30.4 Å². The van der Waals surface area contributed by atoms with E-state index in [1.54, 1.807) is 12.5 Å². The zero-order chi connectivity index (χ0) is 14.8. The monoisotopic (exact) mass is 284 g/mol. The molecular formula is C15H16N4O2. The number of nitrogens with zero attached hydrogens (tertiary/aromatic N) is 4. The average molecular weight is 284 g/mol. The Bertz CT molecular complexity index is 720. The van der Waals surface area contributed by atoms with Crippen LogP contribution in [0.2, 0.25) is 0 Å². The van der Waals surface area contributed by atoms with Gasteiger partial charge in [0.25, 0.3) is 0 Å². The molecule has 0 saturated carbocycles. The molecule has 1 N–H and O–H groups in total. The molecule has 3 rings (SSSR count). The molecule has 6 heteroatoms. The number of hydrogen-bond donors (Lipinski definition) is 1. The number of hydrogen-bond acceptors (Lipinski definition) is 5. The van der Waals surface area contributed by atoms with Crippen molar-refractivity contribution >= 4 is 0 Å². The van der Waals surface area contributed by atoms with Crippen molar-refractivity contribution in [1.82, 2.24) is 19.7 Å². The van der Waals surface area contributed by atoms with E-state index < -0.39 is 6.10 Å². The third-order valence-electron chi connectivity index (χ3n) is 3.49. The molecule has 2 atom stereocenters. The van der Waals surface area contributed by atoms with Crippen LogP contribution in [0, 0.1) is 0 Å². The van der Waals surface area contributed by atoms with Gasteiger partial charge in [-0.2, -0.15) is 4.98 Å². The lowest BCUT2D eigenvalue weighted by Crippen LogP contribution is -2.08. The Balaban J connectivity index is 1.85. The number of aliphatic hydroxyl groups is 1. The second kappa shape index (κ2) is 5.49. The fourth-order valence-corrected chi connectivity index (χ4v) is 2.17. The molecule has 0 radical (unpaired) electrons. The van der Waals surface area contributed by atoms with Gasteiger partial charge in [0, 0.05) is 7.05 Å². The predicted molar refractivity (Wildman–Crippen MR) is 76.3 cm³/mol. The lowest BCUT2D eigenvalue weighted by molar-refractivity contribution is 0.135. The van der Waals surface area contributed by atoms with Crippen LogP contribution in [0.4, 0.5) is 0 Å². The highest BCUT2D eigenvalue weighted by Crippen LogP contribution is 2.30. The molecule has 0 amide bonds. The molecule has 0 fully saturated rings. The molecule has 2 heterocycles. The van der Waals surface area contributed by atoms with Gasteiger partial charge in [-0.1, -0.05) is 42.4 Å². The van der Waals surface area contributed by atoms with Crippen molar-refractivity contribution in [3.05, 3.63) is 54.3 Å². The van der Waals surface area contributed by atoms with Gasteiger partial charge in [0.2, 0.25) is 11.7 Å². The summed E-state index contributed by atoms with van der Waals surface area (Å²) >= 11 is 0. The molecule has 21 heavy (non-hydrogen) atoms. The van der Waals surface area contributed by atoms with Gasteiger partial charge in [-0.15, -0.1) is 0 Å². The third-order valence-corrected chi connectivity index (χ3v) is 3.49. The summed E-state index contributed by atoms with van der Waals surface area (Å²) in [5.74, 6) is 0.585. The molecule has 0 aliphatic heterocycles. The molecule has 108 valence electrons. The van der Waals surface area contributed by atoms with E-state index in [9.17, 15) is 5.11 Å². The minimum Gasteiger partial charge on any atom is -0.388 e. The molecule has 0 aliphatic carbocycles. The van der Waals surface area contributed by atoms with E-state index >= 15 is 0 Å². The van der Waals surface area contributed by atoms with Gasteiger partial charge in [0.1, 0.15) is 5.69 Å². The van der Waals surface area contributed by atoms with Gasteiger partial charge in [0.15, 0.2) is 0 Å². The van der Waals surface area contributed by atoms with E-state index in [2.05, 4.69) is 15.1 Å². The van der Waals surface area contributed by atoms with Crippen molar-refractivity contribution < 1.29 is 9.63 Å². The van der Waals surface area contributed by atoms with E-state index in [0.29, 0.717) is 11.7 Å². The first-order chi connectivity index (χ1) is 10.2. The Morgan fingerprint density at radius 1 is 1.24 bits per heavy atom. The van der Waals surface area contributed by atoms with Crippen molar-refractivity contribution in [2.24, 2.45) is 7.05 Å². The number of benzene rings is 1. The van der Waals surface area contributed by atoms with Crippen LogP contribution in [0.25, 0.3) is 11.5 Å². The van der Waals surface area contributed by atoms with Gasteiger partial charge in [0.05, 0.1) is 24.5 Å². The van der Waals surface area contributed by atoms with Crippen molar-refractivity contribution in [3.63, 3.8) is 0 Å². The fourth-order valence-electron chi connectivity index (χ4n) is 2.17. The first kappa shape index (κ1) is 13.5. The smallest absolute Gasteiger partial charge is 0.232 e. The van der Waals surface area contributed by atoms with Crippen molar-refractivity contribution in [1.29, 1.82) is 0 Å². The van der Waals surface area contributed by atoms with E-state index in [-0.39, 0.29) is 5.92 Å². The SMILES string of the molecule is CC(c1nc(-c2cncn2C)no1)C(O)c1ccccc1. The van der Waals surface area contributed by atoms with Crippen LogP contribution in [0.3, 0.4) is 0 Å². The quantitative estimate of drug-likeness (QED) is 0.795. The van der Waals surface area contributed by atoms with E-state index in [1.165, 1.54) is 0 Å². The van der Waals surface area contributed by atoms with E-state index in [4.69, 9.17) is 4.52 Å². The first-order valence-corrected chi connectivity index (χ1v) is 6.70. The summed E-state index contributed by atoms with van der Waals surface area (Å²) in [6, 6.07) is 9.44. The van der Waals surface area contributed by atoms with Crippen LogP contribution in [0.15, 0.2) is 47.4 Å². The second-order valence-electron chi connectivity index (χ2n) is 4.99. The van der Waals surface area contributed by atoms with Crippen LogP contribution in [0.5, 0.6) is 0 Å². The Morgan fingerprint density at radius 2 is 2.00 bits per heavy atom. The topological polar surface area (TPSA) is 77.0 Å². The van der Waals surface area contributed by atoms with Gasteiger partial charge >= 0.3 is 0 Å². The summed E-state index contributed by atoms with van der Waals surface area (Å²) in [7, 11) is 1.86. The standard InChI is InChI=1S/C15H16N4O2/c1-10(13(20)11-6-4-3-5-7-11)15-17-14(18-21-15)12-8-16-9-19(12)2/h3-10,13,20H,1-2H3. The predicted octanol–water partition coefficient (Wildman–Crippen LogP) is 2.31. The van der Waals surface area contributed by atoms with E-state index in [0.717, 1.165) is 11.3 Å². The molecule has 1 aromatic carbocycles. The van der Waals surface area contributed by atoms with Crippen molar-refractivity contribution in [2.45, 2.75) is 18.9 Å². The van der Waals surface area contributed by atoms with Crippen LogP contribution in [-0.2, 0) is 7.05 Å². The maximum absolute atomic E-state index is 10.4. The summed E-state index contributed by atoms with van der Waals surface area (Å²) in [5.41, 5.74) is 1.59. The molecule has 3 aromatic rings. The average Bonchev–Trinajstić information content (AvgIpc) is 3.15. The van der Waals surface area contributed by atoms with Crippen LogP contribution < -0.4 is 0 Å². The Hall–Kier alpha value is -2.47. The second-order valence-corrected chi connectivity index (χ2v) is 4.99. The molecule has 2 unspecified atom stereocenters. The summed E-state index contributed by atoms with van der Waals surface area (Å²) in [5, 5.41) is 14.4. The number of aryl methyl sites for hydroxylation is 1. The molecule has 0 bridgehead atoms. The van der Waals surface area contributed by atoms with Crippen molar-refractivity contribution in [2.75, 3.05) is 0 Å². The summed E-state index contributed by atoms with van der Waals surface area (Å²) in [4.78, 5) is 8.39. The largest absolute Gasteiger partial charge is 0.388 e. The maximum atomic E-state index is 10.4. The lowest BCUT2D eigenvalue weighted by Gasteiger charge is -2.15. The summed E-state index contributed by atoms with van der Waals surface area (Å²) < 4.78 is 7.10. The molecule has 6 nitrogen and oxygen atoms in total. The van der Waals surface area contributed by atoms with Crippen molar-refractivity contribution in [3.8, 4) is 11.5 Å². The molecule has 2 aromatic heterocycles. The first-order valence-electron chi connectivity index (χ1n) is 6.70. The minimum absolute atomic E-state index is 0.290. The van der Waals surface area contributed by atoms with Gasteiger partial charge in [-0.05, 0) is 5.56 Å². The van der Waals surface area contributed by atoms with Crippen LogP contribution >= 0.6 is 0 Å². The Labute approximate surface area is 122 Å². The molecule has 0 spiro atoms. The Morgan fingerprint density at radius 3 is 2.67 bits per heavy atom. The lowest BCUT2D eigenvalue weighted by atomic mass is 9.97. The van der Waals surface area contributed by atoms with E-state index in [1.807, 2.05) is 48.9 Å². The third kappa shape index (κ3) is 2.57. The highest BCUT2D eigenvalue weighted by Gasteiger charge is 2.24. The molecule has 0 aliphatic rings. The maximum Gasteiger partial charge on any atom is 0.232 e. The molecular weight excluding hydrogens is 268 g/mol. The number of aromatic nitrogens is 4. The zero-order valence-electron chi connectivity index (χ0n) is 11.8. The molecule has 0 saturated heterocycles. The number of rotatable bonds is 4. The number of aliphatic hydroxyl groups excluding tert-OH is 1. The fraction of sp³-hybridized carbons (Fsp3) is 0.267. The van der Waals surface area contributed by atoms with Crippen LogP contribution in [-0.4, -0.2) is 24.8 Å². The van der Waals surface area contributed by atoms with Gasteiger partial charge in [-0.25, -0.2) is 4.98 Å². The van der Waals surface area contributed by atoms with Gasteiger partial charge < -0.3 is 14.2 Å². The zero-order valence-corrected chi connectivity index (χ0v) is 11.8. The highest BCUT2D eigenvalue weighted by atomic mass is 16.5. The Kier molecular flexibility index (Phi) is 3.53.